The largest absolute Gasteiger partial charge is 0.481 e. The normalized spacial score (nSPS) is 37.5. The summed E-state index contributed by atoms with van der Waals surface area (Å²) in [7, 11) is 1.85. The Morgan fingerprint density at radius 3 is 2.16 bits per heavy atom. The molecule has 55 heavy (non-hydrogen) atoms. The average molecular weight is 767 g/mol. The number of aliphatic hydroxyl groups is 1. The van der Waals surface area contributed by atoms with Crippen LogP contribution in [0, 0.1) is 62.1 Å². The molecule has 5 fully saturated rings. The highest BCUT2D eigenvalue weighted by Gasteiger charge is 2.71. The van der Waals surface area contributed by atoms with Crippen molar-refractivity contribution in [2.75, 3.05) is 33.2 Å². The second-order valence-electron chi connectivity index (χ2n) is 21.7. The van der Waals surface area contributed by atoms with Crippen LogP contribution in [0.25, 0.3) is 0 Å². The summed E-state index contributed by atoms with van der Waals surface area (Å²) in [5.41, 5.74) is 0.400. The van der Waals surface area contributed by atoms with Gasteiger partial charge in [-0.2, -0.15) is 0 Å². The number of ketones is 1. The van der Waals surface area contributed by atoms with E-state index in [2.05, 4.69) is 53.4 Å². The molecule has 6 rings (SSSR count). The SMILES string of the molecule is CC(=O)N(C)CCN(CC1CC1)C[C@H](O)[C@@]12CCC3(C)C(CC[C@@H]4[C@@]5(C)CC[C@H](OC(=O)CC(C)(C)C(=O)O)C(C)(C)[C@@H]5CC[C@]43C)C1=C(C(C)C)C(=O)C2. The van der Waals surface area contributed by atoms with Crippen molar-refractivity contribution in [2.24, 2.45) is 62.1 Å². The molecule has 0 aromatic rings. The molecule has 0 saturated heterocycles. The molecule has 9 nitrogen and oxygen atoms in total. The Labute approximate surface area is 331 Å². The van der Waals surface area contributed by atoms with Gasteiger partial charge in [-0.15, -0.1) is 0 Å². The molecular weight excluding hydrogens is 693 g/mol. The van der Waals surface area contributed by atoms with Gasteiger partial charge in [0.15, 0.2) is 5.78 Å². The van der Waals surface area contributed by atoms with Crippen molar-refractivity contribution in [1.82, 2.24) is 9.80 Å². The number of Topliss-reactive ketones (excluding diaryl/α,β-unsaturated/α-hetero) is 1. The molecule has 0 aliphatic heterocycles. The van der Waals surface area contributed by atoms with E-state index in [9.17, 15) is 29.4 Å². The highest BCUT2D eigenvalue weighted by molar-refractivity contribution is 6.00. The number of fused-ring (bicyclic) bond motifs is 7. The molecule has 5 saturated carbocycles. The maximum absolute atomic E-state index is 14.2. The highest BCUT2D eigenvalue weighted by Crippen LogP contribution is 2.77. The number of likely N-dealkylation sites (N-methyl/N-ethyl adjacent to an activating group) is 1. The lowest BCUT2D eigenvalue weighted by atomic mass is 9.33. The van der Waals surface area contributed by atoms with Crippen molar-refractivity contribution in [3.05, 3.63) is 11.1 Å². The minimum absolute atomic E-state index is 0.0268. The first-order chi connectivity index (χ1) is 25.4. The lowest BCUT2D eigenvalue weighted by Crippen LogP contribution is -2.66. The van der Waals surface area contributed by atoms with E-state index in [1.165, 1.54) is 18.4 Å². The van der Waals surface area contributed by atoms with Gasteiger partial charge in [-0.3, -0.25) is 24.1 Å². The van der Waals surface area contributed by atoms with E-state index >= 15 is 0 Å². The number of hydrogen-bond donors (Lipinski definition) is 2. The minimum Gasteiger partial charge on any atom is -0.481 e. The Bertz CT molecular complexity index is 1580. The number of ether oxygens (including phenoxy) is 1. The molecule has 0 aromatic carbocycles. The Balaban J connectivity index is 1.27. The summed E-state index contributed by atoms with van der Waals surface area (Å²) in [5, 5.41) is 22.2. The van der Waals surface area contributed by atoms with Crippen LogP contribution in [-0.4, -0.2) is 89.1 Å². The lowest BCUT2D eigenvalue weighted by molar-refractivity contribution is -0.235. The van der Waals surface area contributed by atoms with Gasteiger partial charge in [0.05, 0.1) is 17.9 Å². The van der Waals surface area contributed by atoms with E-state index in [0.717, 1.165) is 70.0 Å². The predicted octanol–water partition coefficient (Wildman–Crippen LogP) is 7.93. The first kappa shape index (κ1) is 42.3. The average Bonchev–Trinajstić information content (AvgIpc) is 3.83. The van der Waals surface area contributed by atoms with Crippen molar-refractivity contribution in [3.8, 4) is 0 Å². The summed E-state index contributed by atoms with van der Waals surface area (Å²) in [4.78, 5) is 55.3. The number of amides is 1. The van der Waals surface area contributed by atoms with Crippen LogP contribution < -0.4 is 0 Å². The number of aliphatic carboxylic acids is 1. The quantitative estimate of drug-likeness (QED) is 0.181. The summed E-state index contributed by atoms with van der Waals surface area (Å²) < 4.78 is 6.18. The maximum Gasteiger partial charge on any atom is 0.309 e. The fraction of sp³-hybridized carbons (Fsp3) is 0.870. The van der Waals surface area contributed by atoms with Crippen LogP contribution in [0.15, 0.2) is 11.1 Å². The summed E-state index contributed by atoms with van der Waals surface area (Å²) >= 11 is 0. The molecule has 9 heteroatoms. The van der Waals surface area contributed by atoms with E-state index < -0.39 is 28.9 Å². The number of nitrogens with zero attached hydrogens (tertiary/aromatic N) is 2. The van der Waals surface area contributed by atoms with Crippen LogP contribution in [0.3, 0.4) is 0 Å². The molecule has 0 spiro atoms. The van der Waals surface area contributed by atoms with Crippen LogP contribution in [0.1, 0.15) is 146 Å². The molecule has 2 unspecified atom stereocenters. The third-order valence-electron chi connectivity index (χ3n) is 17.4. The topological polar surface area (TPSA) is 124 Å². The standard InChI is InChI=1S/C46H74N2O7/c1-28(2)38-32(50)24-46(35(51)27-48(26-30-12-13-30)23-22-47(11)29(3)49)21-20-44(9)31(39(38)46)14-15-34-43(8)18-17-36(55-37(52)25-41(4,5)40(53)54)42(6,7)33(43)16-19-45(34,44)10/h28,30-31,33-36,51H,12-27H2,1-11H3,(H,53,54)/t31?,33-,34+,35-,36-,43-,44?,45+,46-/m0/s1. The Hall–Kier alpha value is -2.26. The van der Waals surface area contributed by atoms with E-state index in [1.807, 2.05) is 7.05 Å². The fourth-order valence-corrected chi connectivity index (χ4v) is 13.7. The molecule has 0 heterocycles. The Kier molecular flexibility index (Phi) is 11.2. The number of aliphatic hydroxyl groups excluding tert-OH is 1. The Morgan fingerprint density at radius 2 is 1.56 bits per heavy atom. The lowest BCUT2D eigenvalue weighted by Gasteiger charge is -2.72. The molecule has 310 valence electrons. The molecule has 0 bridgehead atoms. The van der Waals surface area contributed by atoms with Crippen molar-refractivity contribution < 1.29 is 34.1 Å². The van der Waals surface area contributed by atoms with Gasteiger partial charge in [0.2, 0.25) is 5.91 Å². The van der Waals surface area contributed by atoms with Crippen LogP contribution >= 0.6 is 0 Å². The third kappa shape index (κ3) is 7.05. The van der Waals surface area contributed by atoms with Gasteiger partial charge in [-0.1, -0.05) is 54.0 Å². The summed E-state index contributed by atoms with van der Waals surface area (Å²) in [5.74, 6) is 0.706. The highest BCUT2D eigenvalue weighted by atomic mass is 16.5. The zero-order valence-corrected chi connectivity index (χ0v) is 36.2. The molecule has 1 amide bonds. The van der Waals surface area contributed by atoms with Crippen LogP contribution in [-0.2, 0) is 23.9 Å². The molecule has 6 aliphatic rings. The first-order valence-corrected chi connectivity index (χ1v) is 21.8. The number of carbonyl (C=O) groups excluding carboxylic acids is 3. The van der Waals surface area contributed by atoms with Crippen molar-refractivity contribution in [3.63, 3.8) is 0 Å². The first-order valence-electron chi connectivity index (χ1n) is 21.8. The maximum atomic E-state index is 14.2. The third-order valence-corrected chi connectivity index (χ3v) is 17.4. The number of rotatable bonds is 13. The van der Waals surface area contributed by atoms with Crippen molar-refractivity contribution in [1.29, 1.82) is 0 Å². The number of esters is 1. The van der Waals surface area contributed by atoms with E-state index in [4.69, 9.17) is 4.74 Å². The number of carboxylic acid groups (broad SMARTS) is 1. The predicted molar refractivity (Wildman–Crippen MR) is 214 cm³/mol. The molecule has 6 aliphatic carbocycles. The summed E-state index contributed by atoms with van der Waals surface area (Å²) in [6.07, 6.45) is 9.59. The molecule has 2 N–H and O–H groups in total. The smallest absolute Gasteiger partial charge is 0.309 e. The van der Waals surface area contributed by atoms with Gasteiger partial charge in [0.1, 0.15) is 6.10 Å². The fourth-order valence-electron chi connectivity index (χ4n) is 13.7. The van der Waals surface area contributed by atoms with Gasteiger partial charge in [0.25, 0.3) is 0 Å². The zero-order valence-electron chi connectivity index (χ0n) is 36.2. The number of allylic oxidation sites excluding steroid dienone is 1. The second kappa shape index (κ2) is 14.5. The van der Waals surface area contributed by atoms with E-state index in [-0.39, 0.29) is 57.7 Å². The number of carboxylic acids is 1. The van der Waals surface area contributed by atoms with Crippen LogP contribution in [0.2, 0.25) is 0 Å². The van der Waals surface area contributed by atoms with E-state index in [0.29, 0.717) is 37.3 Å². The van der Waals surface area contributed by atoms with Gasteiger partial charge >= 0.3 is 11.9 Å². The van der Waals surface area contributed by atoms with E-state index in [1.54, 1.807) is 25.7 Å². The van der Waals surface area contributed by atoms with Crippen LogP contribution in [0.4, 0.5) is 0 Å². The van der Waals surface area contributed by atoms with Gasteiger partial charge in [-0.05, 0) is 129 Å². The Morgan fingerprint density at radius 1 is 0.891 bits per heavy atom. The van der Waals surface area contributed by atoms with Crippen molar-refractivity contribution in [2.45, 2.75) is 158 Å². The monoisotopic (exact) mass is 767 g/mol. The van der Waals surface area contributed by atoms with Gasteiger partial charge in [0, 0.05) is 57.4 Å². The number of hydrogen-bond acceptors (Lipinski definition) is 7. The minimum atomic E-state index is -1.17. The van der Waals surface area contributed by atoms with Crippen molar-refractivity contribution >= 4 is 23.6 Å². The van der Waals surface area contributed by atoms with Crippen LogP contribution in [0.5, 0.6) is 0 Å². The molecule has 9 atom stereocenters. The second-order valence-corrected chi connectivity index (χ2v) is 21.7. The molecule has 0 radical (unpaired) electrons. The number of carbonyl (C=O) groups is 4. The van der Waals surface area contributed by atoms with Gasteiger partial charge < -0.3 is 19.8 Å². The van der Waals surface area contributed by atoms with Gasteiger partial charge in [-0.25, -0.2) is 0 Å². The summed E-state index contributed by atoms with van der Waals surface area (Å²) in [6, 6.07) is 0. The zero-order chi connectivity index (χ0) is 40.7. The molecule has 0 aromatic heterocycles. The summed E-state index contributed by atoms with van der Waals surface area (Å²) in [6.45, 7) is 24.1. The molecular formula is C46H74N2O7.